The van der Waals surface area contributed by atoms with E-state index in [4.69, 9.17) is 10.5 Å². The molecule has 0 amide bonds. The van der Waals surface area contributed by atoms with Crippen molar-refractivity contribution in [1.29, 1.82) is 0 Å². The van der Waals surface area contributed by atoms with Crippen LogP contribution in [0.5, 0.6) is 0 Å². The average molecular weight is 266 g/mol. The van der Waals surface area contributed by atoms with E-state index in [9.17, 15) is 4.39 Å². The number of ether oxygens (including phenoxy) is 1. The van der Waals surface area contributed by atoms with E-state index in [0.29, 0.717) is 24.8 Å². The summed E-state index contributed by atoms with van der Waals surface area (Å²) in [7, 11) is 0. The topological polar surface area (TPSA) is 38.5 Å². The number of morpholine rings is 1. The molecule has 0 bridgehead atoms. The summed E-state index contributed by atoms with van der Waals surface area (Å²) < 4.78 is 19.6. The predicted molar refractivity (Wildman–Crippen MR) is 74.5 cm³/mol. The third-order valence-electron chi connectivity index (χ3n) is 3.82. The largest absolute Gasteiger partial charge is 0.374 e. The Morgan fingerprint density at radius 1 is 1.47 bits per heavy atom. The number of hydrogen-bond donors (Lipinski definition) is 1. The fraction of sp³-hybridized carbons (Fsp3) is 0.600. The Morgan fingerprint density at radius 2 is 2.21 bits per heavy atom. The molecule has 0 aliphatic carbocycles. The second-order valence-corrected chi connectivity index (χ2v) is 5.43. The summed E-state index contributed by atoms with van der Waals surface area (Å²) in [5.41, 5.74) is 7.43. The van der Waals surface area contributed by atoms with E-state index < -0.39 is 0 Å². The standard InChI is InChI=1S/C15H23FN2O/c1-10(2)18-6-7-19-14(9-17)15(18)12-5-4-11(3)13(16)8-12/h4-5,8,10,14-15H,6-7,9,17H2,1-3H3. The molecule has 2 N–H and O–H groups in total. The summed E-state index contributed by atoms with van der Waals surface area (Å²) in [6, 6.07) is 5.84. The van der Waals surface area contributed by atoms with Crippen molar-refractivity contribution in [2.24, 2.45) is 5.73 Å². The zero-order valence-corrected chi connectivity index (χ0v) is 11.9. The lowest BCUT2D eigenvalue weighted by Gasteiger charge is -2.43. The number of hydrogen-bond acceptors (Lipinski definition) is 3. The van der Waals surface area contributed by atoms with E-state index in [0.717, 1.165) is 12.1 Å². The second kappa shape index (κ2) is 5.99. The van der Waals surface area contributed by atoms with Crippen molar-refractivity contribution in [1.82, 2.24) is 4.90 Å². The van der Waals surface area contributed by atoms with Crippen molar-refractivity contribution in [3.05, 3.63) is 35.1 Å². The van der Waals surface area contributed by atoms with Gasteiger partial charge in [-0.25, -0.2) is 4.39 Å². The maximum Gasteiger partial charge on any atom is 0.126 e. The van der Waals surface area contributed by atoms with Crippen molar-refractivity contribution < 1.29 is 9.13 Å². The molecule has 19 heavy (non-hydrogen) atoms. The highest BCUT2D eigenvalue weighted by Crippen LogP contribution is 2.31. The number of nitrogens with two attached hydrogens (primary N) is 1. The van der Waals surface area contributed by atoms with Gasteiger partial charge in [-0.1, -0.05) is 12.1 Å². The Morgan fingerprint density at radius 3 is 2.79 bits per heavy atom. The van der Waals surface area contributed by atoms with Crippen LogP contribution < -0.4 is 5.73 Å². The SMILES string of the molecule is Cc1ccc(C2C(CN)OCCN2C(C)C)cc1F. The van der Waals surface area contributed by atoms with Crippen LogP contribution >= 0.6 is 0 Å². The minimum atomic E-state index is -0.164. The molecule has 1 heterocycles. The lowest BCUT2D eigenvalue weighted by Crippen LogP contribution is -2.50. The molecular formula is C15H23FN2O. The van der Waals surface area contributed by atoms with Gasteiger partial charge < -0.3 is 10.5 Å². The van der Waals surface area contributed by atoms with Gasteiger partial charge in [0.1, 0.15) is 5.82 Å². The lowest BCUT2D eigenvalue weighted by atomic mass is 9.95. The maximum atomic E-state index is 13.8. The van der Waals surface area contributed by atoms with E-state index in [1.54, 1.807) is 13.0 Å². The monoisotopic (exact) mass is 266 g/mol. The number of halogens is 1. The van der Waals surface area contributed by atoms with Gasteiger partial charge in [-0.3, -0.25) is 4.90 Å². The Labute approximate surface area is 114 Å². The van der Waals surface area contributed by atoms with Gasteiger partial charge in [0, 0.05) is 19.1 Å². The van der Waals surface area contributed by atoms with Crippen molar-refractivity contribution in [3.63, 3.8) is 0 Å². The van der Waals surface area contributed by atoms with Crippen molar-refractivity contribution in [2.45, 2.75) is 39.0 Å². The van der Waals surface area contributed by atoms with E-state index in [-0.39, 0.29) is 18.0 Å². The molecule has 1 aromatic carbocycles. The molecule has 4 heteroatoms. The van der Waals surface area contributed by atoms with Crippen LogP contribution in [0, 0.1) is 12.7 Å². The van der Waals surface area contributed by atoms with Crippen molar-refractivity contribution in [3.8, 4) is 0 Å². The van der Waals surface area contributed by atoms with Gasteiger partial charge in [-0.15, -0.1) is 0 Å². The number of nitrogens with zero attached hydrogens (tertiary/aromatic N) is 1. The normalized spacial score (nSPS) is 24.9. The number of benzene rings is 1. The molecule has 1 saturated heterocycles. The van der Waals surface area contributed by atoms with Gasteiger partial charge in [-0.2, -0.15) is 0 Å². The Balaban J connectivity index is 2.36. The zero-order valence-electron chi connectivity index (χ0n) is 11.9. The molecule has 0 spiro atoms. The summed E-state index contributed by atoms with van der Waals surface area (Å²) in [4.78, 5) is 2.34. The van der Waals surface area contributed by atoms with Crippen LogP contribution in [0.2, 0.25) is 0 Å². The Hall–Kier alpha value is -0.970. The third-order valence-corrected chi connectivity index (χ3v) is 3.82. The smallest absolute Gasteiger partial charge is 0.126 e. The van der Waals surface area contributed by atoms with Gasteiger partial charge in [0.25, 0.3) is 0 Å². The first-order valence-corrected chi connectivity index (χ1v) is 6.88. The number of aryl methyl sites for hydroxylation is 1. The molecule has 3 nitrogen and oxygen atoms in total. The van der Waals surface area contributed by atoms with Gasteiger partial charge in [0.05, 0.1) is 18.8 Å². The van der Waals surface area contributed by atoms with E-state index in [1.807, 2.05) is 12.1 Å². The highest BCUT2D eigenvalue weighted by atomic mass is 19.1. The van der Waals surface area contributed by atoms with E-state index in [1.165, 1.54) is 0 Å². The molecule has 106 valence electrons. The van der Waals surface area contributed by atoms with E-state index in [2.05, 4.69) is 18.7 Å². The molecule has 0 saturated carbocycles. The highest BCUT2D eigenvalue weighted by molar-refractivity contribution is 5.27. The van der Waals surface area contributed by atoms with Gasteiger partial charge in [-0.05, 0) is 38.0 Å². The van der Waals surface area contributed by atoms with Gasteiger partial charge in [0.2, 0.25) is 0 Å². The fourth-order valence-electron chi connectivity index (χ4n) is 2.73. The molecule has 2 atom stereocenters. The van der Waals surface area contributed by atoms with Crippen LogP contribution in [0.1, 0.15) is 31.0 Å². The molecular weight excluding hydrogens is 243 g/mol. The van der Waals surface area contributed by atoms with Gasteiger partial charge in [0.15, 0.2) is 0 Å². The van der Waals surface area contributed by atoms with Crippen molar-refractivity contribution >= 4 is 0 Å². The Bertz CT molecular complexity index is 436. The maximum absolute atomic E-state index is 13.8. The van der Waals surface area contributed by atoms with Crippen LogP contribution in [0.4, 0.5) is 4.39 Å². The first kappa shape index (κ1) is 14.4. The molecule has 2 unspecified atom stereocenters. The summed E-state index contributed by atoms with van der Waals surface area (Å²) in [5, 5.41) is 0. The van der Waals surface area contributed by atoms with Crippen LogP contribution in [0.3, 0.4) is 0 Å². The quantitative estimate of drug-likeness (QED) is 0.912. The highest BCUT2D eigenvalue weighted by Gasteiger charge is 2.34. The zero-order chi connectivity index (χ0) is 14.0. The minimum absolute atomic E-state index is 0.0360. The first-order valence-electron chi connectivity index (χ1n) is 6.88. The van der Waals surface area contributed by atoms with Crippen LogP contribution in [0.25, 0.3) is 0 Å². The first-order chi connectivity index (χ1) is 9.04. The van der Waals surface area contributed by atoms with E-state index >= 15 is 0 Å². The lowest BCUT2D eigenvalue weighted by molar-refractivity contribution is -0.0790. The van der Waals surface area contributed by atoms with Crippen molar-refractivity contribution in [2.75, 3.05) is 19.7 Å². The molecule has 1 aromatic rings. The summed E-state index contributed by atoms with van der Waals surface area (Å²) in [5.74, 6) is -0.164. The summed E-state index contributed by atoms with van der Waals surface area (Å²) >= 11 is 0. The fourth-order valence-corrected chi connectivity index (χ4v) is 2.73. The Kier molecular flexibility index (Phi) is 4.55. The molecule has 1 aliphatic heterocycles. The average Bonchev–Trinajstić information content (AvgIpc) is 2.41. The summed E-state index contributed by atoms with van der Waals surface area (Å²) in [6.45, 7) is 8.06. The number of rotatable bonds is 3. The third kappa shape index (κ3) is 2.96. The van der Waals surface area contributed by atoms with Crippen LogP contribution in [-0.2, 0) is 4.74 Å². The molecule has 0 radical (unpaired) electrons. The van der Waals surface area contributed by atoms with Crippen LogP contribution in [0.15, 0.2) is 18.2 Å². The second-order valence-electron chi connectivity index (χ2n) is 5.43. The van der Waals surface area contributed by atoms with Crippen LogP contribution in [-0.4, -0.2) is 36.7 Å². The van der Waals surface area contributed by atoms with Gasteiger partial charge >= 0.3 is 0 Å². The minimum Gasteiger partial charge on any atom is -0.374 e. The molecule has 1 aliphatic rings. The predicted octanol–water partition coefficient (Wildman–Crippen LogP) is 2.24. The summed E-state index contributed by atoms with van der Waals surface area (Å²) in [6.07, 6.45) is -0.0711. The molecule has 1 fully saturated rings. The molecule has 0 aromatic heterocycles. The molecule has 2 rings (SSSR count).